The number of nitrogens with zero attached hydrogens (tertiary/aromatic N) is 2. The third kappa shape index (κ3) is 3.62. The third-order valence-corrected chi connectivity index (χ3v) is 5.13. The smallest absolute Gasteiger partial charge is 0.323 e. The van der Waals surface area contributed by atoms with Gasteiger partial charge in [-0.2, -0.15) is 0 Å². The second kappa shape index (κ2) is 6.96. The molecule has 1 aliphatic heterocycles. The van der Waals surface area contributed by atoms with E-state index in [0.717, 1.165) is 23.7 Å². The Morgan fingerprint density at radius 3 is 2.48 bits per heavy atom. The van der Waals surface area contributed by atoms with Crippen molar-refractivity contribution in [3.05, 3.63) is 60.2 Å². The highest BCUT2D eigenvalue weighted by molar-refractivity contribution is 7.99. The van der Waals surface area contributed by atoms with Gasteiger partial charge in [-0.15, -0.1) is 11.8 Å². The zero-order chi connectivity index (χ0) is 16.2. The van der Waals surface area contributed by atoms with Crippen LogP contribution in [-0.2, 0) is 0 Å². The number of rotatable bonds is 3. The minimum Gasteiger partial charge on any atom is -0.378 e. The first kappa shape index (κ1) is 15.7. The Balaban J connectivity index is 1.73. The lowest BCUT2D eigenvalue weighted by Gasteiger charge is -2.25. The summed E-state index contributed by atoms with van der Waals surface area (Å²) in [4.78, 5) is 16.5. The minimum atomic E-state index is -0.0390. The van der Waals surface area contributed by atoms with Gasteiger partial charge in [0.25, 0.3) is 0 Å². The van der Waals surface area contributed by atoms with Crippen molar-refractivity contribution in [2.45, 2.75) is 5.37 Å². The number of amides is 2. The molecule has 0 bridgehead atoms. The van der Waals surface area contributed by atoms with E-state index in [9.17, 15) is 4.79 Å². The molecule has 2 aromatic rings. The molecule has 4 nitrogen and oxygen atoms in total. The molecule has 0 aliphatic carbocycles. The van der Waals surface area contributed by atoms with Gasteiger partial charge in [-0.3, -0.25) is 0 Å². The van der Waals surface area contributed by atoms with Crippen molar-refractivity contribution < 1.29 is 4.79 Å². The highest BCUT2D eigenvalue weighted by atomic mass is 32.2. The maximum Gasteiger partial charge on any atom is 0.323 e. The van der Waals surface area contributed by atoms with Crippen molar-refractivity contribution in [3.8, 4) is 0 Å². The fourth-order valence-corrected chi connectivity index (χ4v) is 3.86. The van der Waals surface area contributed by atoms with Crippen molar-refractivity contribution in [3.63, 3.8) is 0 Å². The Kier molecular flexibility index (Phi) is 4.76. The van der Waals surface area contributed by atoms with Crippen LogP contribution < -0.4 is 10.2 Å². The van der Waals surface area contributed by atoms with Crippen LogP contribution in [-0.4, -0.2) is 37.3 Å². The van der Waals surface area contributed by atoms with Crippen LogP contribution in [0.15, 0.2) is 54.6 Å². The standard InChI is InChI=1S/C18H21N3OS/c1-20(2)16-10-8-14(9-11-16)17-21(12-13-23-17)18(22)19-15-6-4-3-5-7-15/h3-11,17H,12-13H2,1-2H3,(H,19,22)/t17-/m0/s1. The zero-order valence-corrected chi connectivity index (χ0v) is 14.2. The van der Waals surface area contributed by atoms with Gasteiger partial charge in [0.05, 0.1) is 0 Å². The monoisotopic (exact) mass is 327 g/mol. The van der Waals surface area contributed by atoms with E-state index in [1.165, 1.54) is 5.56 Å². The van der Waals surface area contributed by atoms with Crippen LogP contribution in [0, 0.1) is 0 Å². The van der Waals surface area contributed by atoms with E-state index in [-0.39, 0.29) is 11.4 Å². The molecule has 120 valence electrons. The zero-order valence-electron chi connectivity index (χ0n) is 13.4. The van der Waals surface area contributed by atoms with Gasteiger partial charge in [0.1, 0.15) is 5.37 Å². The molecule has 0 spiro atoms. The number of anilines is 2. The van der Waals surface area contributed by atoms with Gasteiger partial charge in [0.15, 0.2) is 0 Å². The van der Waals surface area contributed by atoms with Crippen LogP contribution in [0.5, 0.6) is 0 Å². The van der Waals surface area contributed by atoms with Crippen molar-refractivity contribution in [2.75, 3.05) is 36.6 Å². The molecule has 2 aromatic carbocycles. The Hall–Kier alpha value is -2.14. The van der Waals surface area contributed by atoms with Crippen molar-refractivity contribution in [1.82, 2.24) is 4.90 Å². The van der Waals surface area contributed by atoms with Gasteiger partial charge in [-0.25, -0.2) is 4.79 Å². The predicted molar refractivity (Wildman–Crippen MR) is 98.1 cm³/mol. The van der Waals surface area contributed by atoms with Crippen molar-refractivity contribution >= 4 is 29.2 Å². The topological polar surface area (TPSA) is 35.6 Å². The average molecular weight is 327 g/mol. The Labute approximate surface area is 141 Å². The lowest BCUT2D eigenvalue weighted by atomic mass is 10.2. The molecule has 0 unspecified atom stereocenters. The molecular weight excluding hydrogens is 306 g/mol. The summed E-state index contributed by atoms with van der Waals surface area (Å²) in [6.45, 7) is 0.767. The number of carbonyl (C=O) groups is 1. The maximum absolute atomic E-state index is 12.6. The summed E-state index contributed by atoms with van der Waals surface area (Å²) >= 11 is 1.81. The molecule has 0 saturated carbocycles. The molecule has 23 heavy (non-hydrogen) atoms. The minimum absolute atomic E-state index is 0.0390. The number of carbonyl (C=O) groups excluding carboxylic acids is 1. The highest BCUT2D eigenvalue weighted by Gasteiger charge is 2.30. The number of nitrogens with one attached hydrogen (secondary N) is 1. The lowest BCUT2D eigenvalue weighted by Crippen LogP contribution is -2.34. The van der Waals surface area contributed by atoms with Crippen molar-refractivity contribution in [1.29, 1.82) is 0 Å². The largest absolute Gasteiger partial charge is 0.378 e. The molecule has 1 aliphatic rings. The Morgan fingerprint density at radius 2 is 1.83 bits per heavy atom. The van der Waals surface area contributed by atoms with Gasteiger partial charge >= 0.3 is 6.03 Å². The number of thioether (sulfide) groups is 1. The summed E-state index contributed by atoms with van der Waals surface area (Å²) in [5, 5.41) is 3.06. The summed E-state index contributed by atoms with van der Waals surface area (Å²) in [5.41, 5.74) is 3.16. The molecule has 5 heteroatoms. The van der Waals surface area contributed by atoms with E-state index in [1.807, 2.05) is 61.1 Å². The van der Waals surface area contributed by atoms with E-state index in [2.05, 4.69) is 34.5 Å². The number of urea groups is 1. The van der Waals surface area contributed by atoms with Gasteiger partial charge < -0.3 is 15.1 Å². The van der Waals surface area contributed by atoms with E-state index >= 15 is 0 Å². The fraction of sp³-hybridized carbons (Fsp3) is 0.278. The van der Waals surface area contributed by atoms with Crippen LogP contribution >= 0.6 is 11.8 Å². The SMILES string of the molecule is CN(C)c1ccc([C@@H]2SCCN2C(=O)Nc2ccccc2)cc1. The molecule has 1 heterocycles. The molecule has 3 rings (SSSR count). The number of hydrogen-bond donors (Lipinski definition) is 1. The summed E-state index contributed by atoms with van der Waals surface area (Å²) in [6, 6.07) is 18.0. The number of para-hydroxylation sites is 1. The molecule has 1 saturated heterocycles. The summed E-state index contributed by atoms with van der Waals surface area (Å²) < 4.78 is 0. The molecule has 0 aromatic heterocycles. The molecule has 2 amide bonds. The first-order valence-electron chi connectivity index (χ1n) is 7.67. The van der Waals surface area contributed by atoms with E-state index in [1.54, 1.807) is 0 Å². The third-order valence-electron chi connectivity index (χ3n) is 3.87. The molecule has 1 atom stereocenters. The van der Waals surface area contributed by atoms with Gasteiger partial charge in [0.2, 0.25) is 0 Å². The second-order valence-electron chi connectivity index (χ2n) is 5.70. The maximum atomic E-state index is 12.6. The van der Waals surface area contributed by atoms with Gasteiger partial charge in [0, 0.05) is 37.8 Å². The second-order valence-corrected chi connectivity index (χ2v) is 6.89. The fourth-order valence-electron chi connectivity index (χ4n) is 2.61. The molecule has 1 fully saturated rings. The first-order valence-corrected chi connectivity index (χ1v) is 8.71. The normalized spacial score (nSPS) is 17.1. The lowest BCUT2D eigenvalue weighted by molar-refractivity contribution is 0.214. The molecule has 1 N–H and O–H groups in total. The highest BCUT2D eigenvalue weighted by Crippen LogP contribution is 2.38. The van der Waals surface area contributed by atoms with E-state index in [0.29, 0.717) is 0 Å². The first-order chi connectivity index (χ1) is 11.1. The summed E-state index contributed by atoms with van der Waals surface area (Å²) in [5.74, 6) is 0.961. The Bertz CT molecular complexity index is 658. The van der Waals surface area contributed by atoms with Gasteiger partial charge in [-0.1, -0.05) is 30.3 Å². The number of benzene rings is 2. The quantitative estimate of drug-likeness (QED) is 0.924. The summed E-state index contributed by atoms with van der Waals surface area (Å²) in [7, 11) is 4.05. The predicted octanol–water partition coefficient (Wildman–Crippen LogP) is 4.03. The van der Waals surface area contributed by atoms with Gasteiger partial charge in [-0.05, 0) is 29.8 Å². The van der Waals surface area contributed by atoms with E-state index < -0.39 is 0 Å². The molecular formula is C18H21N3OS. The number of hydrogen-bond acceptors (Lipinski definition) is 3. The van der Waals surface area contributed by atoms with Crippen LogP contribution in [0.3, 0.4) is 0 Å². The van der Waals surface area contributed by atoms with Crippen LogP contribution in [0.25, 0.3) is 0 Å². The van der Waals surface area contributed by atoms with Crippen LogP contribution in [0.2, 0.25) is 0 Å². The van der Waals surface area contributed by atoms with Crippen LogP contribution in [0.1, 0.15) is 10.9 Å². The Morgan fingerprint density at radius 1 is 1.13 bits per heavy atom. The van der Waals surface area contributed by atoms with E-state index in [4.69, 9.17) is 0 Å². The van der Waals surface area contributed by atoms with Crippen LogP contribution in [0.4, 0.5) is 16.2 Å². The molecule has 0 radical (unpaired) electrons. The van der Waals surface area contributed by atoms with Crippen molar-refractivity contribution in [2.24, 2.45) is 0 Å². The summed E-state index contributed by atoms with van der Waals surface area (Å²) in [6.07, 6.45) is 0. The average Bonchev–Trinajstić information content (AvgIpc) is 3.05.